The van der Waals surface area contributed by atoms with E-state index in [9.17, 15) is 9.59 Å². The zero-order chi connectivity index (χ0) is 21.9. The van der Waals surface area contributed by atoms with Crippen molar-refractivity contribution in [3.05, 3.63) is 51.9 Å². The highest BCUT2D eigenvalue weighted by Gasteiger charge is 2.22. The van der Waals surface area contributed by atoms with Crippen LogP contribution in [0.1, 0.15) is 62.6 Å². The molecule has 1 aromatic carbocycles. The van der Waals surface area contributed by atoms with Gasteiger partial charge in [0, 0.05) is 11.7 Å². The summed E-state index contributed by atoms with van der Waals surface area (Å²) in [5, 5.41) is 3.75. The van der Waals surface area contributed by atoms with Crippen molar-refractivity contribution >= 4 is 28.7 Å². The summed E-state index contributed by atoms with van der Waals surface area (Å²) in [6.45, 7) is 0. The molecule has 5 rings (SSSR count). The molecular formula is C25H30N4O2S. The van der Waals surface area contributed by atoms with Gasteiger partial charge in [0.1, 0.15) is 11.0 Å². The van der Waals surface area contributed by atoms with Crippen molar-refractivity contribution in [1.82, 2.24) is 19.9 Å². The zero-order valence-electron chi connectivity index (χ0n) is 18.4. The third kappa shape index (κ3) is 4.35. The summed E-state index contributed by atoms with van der Waals surface area (Å²) in [4.78, 5) is 34.6. The monoisotopic (exact) mass is 450 g/mol. The summed E-state index contributed by atoms with van der Waals surface area (Å²) in [6, 6.07) is 9.87. The molecule has 2 aromatic heterocycles. The van der Waals surface area contributed by atoms with Crippen LogP contribution < -0.4 is 10.9 Å². The Labute approximate surface area is 192 Å². The van der Waals surface area contributed by atoms with E-state index in [1.54, 1.807) is 4.57 Å². The molecule has 0 atom stereocenters. The Kier molecular flexibility index (Phi) is 6.35. The summed E-state index contributed by atoms with van der Waals surface area (Å²) in [5.41, 5.74) is 4.38. The Morgan fingerprint density at radius 3 is 2.62 bits per heavy atom. The molecule has 0 bridgehead atoms. The molecule has 6 nitrogen and oxygen atoms in total. The van der Waals surface area contributed by atoms with Gasteiger partial charge >= 0.3 is 0 Å². The molecule has 7 heteroatoms. The van der Waals surface area contributed by atoms with Gasteiger partial charge in [-0.25, -0.2) is 4.98 Å². The number of para-hydroxylation sites is 1. The molecule has 0 aliphatic heterocycles. The van der Waals surface area contributed by atoms with Crippen molar-refractivity contribution in [1.29, 1.82) is 0 Å². The molecule has 2 heterocycles. The van der Waals surface area contributed by atoms with Gasteiger partial charge < -0.3 is 10.3 Å². The summed E-state index contributed by atoms with van der Waals surface area (Å²) >= 11 is 1.35. The Morgan fingerprint density at radius 1 is 1.06 bits per heavy atom. The molecule has 1 saturated carbocycles. The number of aromatic amines is 1. The van der Waals surface area contributed by atoms with Gasteiger partial charge in [-0.1, -0.05) is 55.6 Å². The van der Waals surface area contributed by atoms with Crippen molar-refractivity contribution in [3.8, 4) is 5.69 Å². The van der Waals surface area contributed by atoms with Crippen LogP contribution in [0.2, 0.25) is 0 Å². The number of hydrogen-bond donors (Lipinski definition) is 2. The van der Waals surface area contributed by atoms with Crippen molar-refractivity contribution in [3.63, 3.8) is 0 Å². The number of carbonyl (C=O) groups excluding carboxylic acids is 1. The zero-order valence-corrected chi connectivity index (χ0v) is 19.2. The van der Waals surface area contributed by atoms with E-state index in [1.807, 2.05) is 30.3 Å². The third-order valence-corrected chi connectivity index (χ3v) is 7.59. The fraction of sp³-hybridized carbons (Fsp3) is 0.480. The lowest BCUT2D eigenvalue weighted by atomic mass is 9.95. The van der Waals surface area contributed by atoms with Gasteiger partial charge in [0.15, 0.2) is 5.16 Å². The molecule has 2 N–H and O–H groups in total. The highest BCUT2D eigenvalue weighted by atomic mass is 32.2. The number of hydrogen-bond acceptors (Lipinski definition) is 4. The van der Waals surface area contributed by atoms with E-state index in [1.165, 1.54) is 43.0 Å². The molecule has 0 unspecified atom stereocenters. The number of nitrogens with zero attached hydrogens (tertiary/aromatic N) is 2. The molecule has 2 aliphatic rings. The quantitative estimate of drug-likeness (QED) is 0.340. The first-order valence-corrected chi connectivity index (χ1v) is 12.8. The van der Waals surface area contributed by atoms with Crippen LogP contribution in [0.25, 0.3) is 16.7 Å². The maximum absolute atomic E-state index is 13.6. The van der Waals surface area contributed by atoms with Crippen LogP contribution >= 0.6 is 11.8 Å². The lowest BCUT2D eigenvalue weighted by molar-refractivity contribution is -0.119. The number of rotatable bonds is 5. The summed E-state index contributed by atoms with van der Waals surface area (Å²) < 4.78 is 1.65. The molecule has 0 saturated heterocycles. The van der Waals surface area contributed by atoms with Crippen LogP contribution in [0.5, 0.6) is 0 Å². The minimum absolute atomic E-state index is 0.0174. The number of thioether (sulfide) groups is 1. The van der Waals surface area contributed by atoms with Gasteiger partial charge in [0.25, 0.3) is 5.56 Å². The van der Waals surface area contributed by atoms with E-state index in [-0.39, 0.29) is 23.3 Å². The largest absolute Gasteiger partial charge is 0.353 e. The topological polar surface area (TPSA) is 79.8 Å². The lowest BCUT2D eigenvalue weighted by Gasteiger charge is -2.22. The molecule has 1 amide bonds. The minimum atomic E-state index is -0.0931. The number of benzene rings is 1. The van der Waals surface area contributed by atoms with Gasteiger partial charge in [0.05, 0.1) is 11.4 Å². The van der Waals surface area contributed by atoms with E-state index < -0.39 is 0 Å². The second kappa shape index (κ2) is 9.53. The van der Waals surface area contributed by atoms with E-state index in [4.69, 9.17) is 4.98 Å². The number of carbonyl (C=O) groups is 1. The van der Waals surface area contributed by atoms with Crippen molar-refractivity contribution in [2.45, 2.75) is 75.4 Å². The maximum Gasteiger partial charge on any atom is 0.283 e. The first-order valence-electron chi connectivity index (χ1n) is 11.8. The van der Waals surface area contributed by atoms with Crippen LogP contribution in [0.4, 0.5) is 0 Å². The predicted molar refractivity (Wildman–Crippen MR) is 129 cm³/mol. The Bertz CT molecular complexity index is 1160. The van der Waals surface area contributed by atoms with Crippen molar-refractivity contribution < 1.29 is 4.79 Å². The minimum Gasteiger partial charge on any atom is -0.353 e. The molecule has 168 valence electrons. The Balaban J connectivity index is 1.50. The average molecular weight is 451 g/mol. The molecule has 3 aromatic rings. The molecule has 0 spiro atoms. The van der Waals surface area contributed by atoms with Crippen molar-refractivity contribution in [2.75, 3.05) is 5.75 Å². The number of H-pyrrole nitrogens is 1. The van der Waals surface area contributed by atoms with Crippen molar-refractivity contribution in [2.24, 2.45) is 0 Å². The van der Waals surface area contributed by atoms with Crippen LogP contribution in [0.3, 0.4) is 0 Å². The number of aryl methyl sites for hydroxylation is 2. The average Bonchev–Trinajstić information content (AvgIpc) is 3.00. The molecule has 0 radical (unpaired) electrons. The number of nitrogens with one attached hydrogen (secondary N) is 2. The molecule has 32 heavy (non-hydrogen) atoms. The van der Waals surface area contributed by atoms with Gasteiger partial charge in [-0.3, -0.25) is 14.2 Å². The standard InChI is InChI=1S/C25H30N4O2S/c30-21(26-17-10-4-1-5-11-17)16-32-25-28-22-19-14-8-3-9-15-20(19)27-23(22)24(31)29(25)18-12-6-2-7-13-18/h2,6-7,12-13,17,27H,1,3-5,8-11,14-16H2,(H,26,30). The number of fused-ring (bicyclic) bond motifs is 3. The summed E-state index contributed by atoms with van der Waals surface area (Å²) in [7, 11) is 0. The lowest BCUT2D eigenvalue weighted by Crippen LogP contribution is -2.37. The predicted octanol–water partition coefficient (Wildman–Crippen LogP) is 4.52. The smallest absolute Gasteiger partial charge is 0.283 e. The Hall–Kier alpha value is -2.54. The highest BCUT2D eigenvalue weighted by molar-refractivity contribution is 7.99. The number of amides is 1. The summed E-state index contributed by atoms with van der Waals surface area (Å²) in [6.07, 6.45) is 11.1. The van der Waals surface area contributed by atoms with Crippen LogP contribution in [-0.2, 0) is 17.6 Å². The van der Waals surface area contributed by atoms with E-state index in [0.29, 0.717) is 10.7 Å². The fourth-order valence-corrected chi connectivity index (χ4v) is 5.83. The van der Waals surface area contributed by atoms with E-state index in [2.05, 4.69) is 10.3 Å². The van der Waals surface area contributed by atoms with E-state index >= 15 is 0 Å². The van der Waals surface area contributed by atoms with E-state index in [0.717, 1.165) is 55.4 Å². The SMILES string of the molecule is O=C(CSc1nc2c3c([nH]c2c(=O)n1-c1ccccc1)CCCCC3)NC1CCCCC1. The normalized spacial score (nSPS) is 17.1. The van der Waals surface area contributed by atoms with Gasteiger partial charge in [-0.2, -0.15) is 0 Å². The van der Waals surface area contributed by atoms with Crippen LogP contribution in [0, 0.1) is 0 Å². The highest BCUT2D eigenvalue weighted by Crippen LogP contribution is 2.29. The second-order valence-corrected chi connectivity index (χ2v) is 9.87. The van der Waals surface area contributed by atoms with Gasteiger partial charge in [-0.15, -0.1) is 0 Å². The first kappa shape index (κ1) is 21.3. The van der Waals surface area contributed by atoms with Crippen LogP contribution in [-0.4, -0.2) is 32.2 Å². The van der Waals surface area contributed by atoms with Gasteiger partial charge in [-0.05, 0) is 56.2 Å². The second-order valence-electron chi connectivity index (χ2n) is 8.93. The van der Waals surface area contributed by atoms with Crippen LogP contribution in [0.15, 0.2) is 40.3 Å². The molecule has 2 aliphatic carbocycles. The fourth-order valence-electron chi connectivity index (χ4n) is 5.01. The molecule has 1 fully saturated rings. The number of aromatic nitrogens is 3. The summed E-state index contributed by atoms with van der Waals surface area (Å²) in [5.74, 6) is 0.275. The van der Waals surface area contributed by atoms with Gasteiger partial charge in [0.2, 0.25) is 5.91 Å². The molecular weight excluding hydrogens is 420 g/mol. The first-order chi connectivity index (χ1) is 15.7. The Morgan fingerprint density at radius 2 is 1.81 bits per heavy atom. The third-order valence-electron chi connectivity index (χ3n) is 6.65. The maximum atomic E-state index is 13.6.